The van der Waals surface area contributed by atoms with Crippen LogP contribution in [0.4, 0.5) is 0 Å². The summed E-state index contributed by atoms with van der Waals surface area (Å²) >= 11 is 0. The molecule has 0 aliphatic carbocycles. The highest BCUT2D eigenvalue weighted by atomic mass is 16.5. The first-order valence-electron chi connectivity index (χ1n) is 6.85. The molecule has 6 heteroatoms. The summed E-state index contributed by atoms with van der Waals surface area (Å²) in [7, 11) is 0. The molecule has 114 valence electrons. The highest BCUT2D eigenvalue weighted by Crippen LogP contribution is 2.22. The monoisotopic (exact) mass is 300 g/mol. The molecule has 2 N–H and O–H groups in total. The van der Waals surface area contributed by atoms with Gasteiger partial charge in [-0.2, -0.15) is 0 Å². The van der Waals surface area contributed by atoms with Crippen molar-refractivity contribution in [2.24, 2.45) is 0 Å². The van der Waals surface area contributed by atoms with Gasteiger partial charge in [-0.1, -0.05) is 18.2 Å². The number of hydrogen-bond donors (Lipinski definition) is 2. The van der Waals surface area contributed by atoms with Crippen LogP contribution in [0, 0.1) is 0 Å². The number of hydrogen-bond acceptors (Lipinski definition) is 4. The van der Waals surface area contributed by atoms with Crippen molar-refractivity contribution < 1.29 is 19.4 Å². The summed E-state index contributed by atoms with van der Waals surface area (Å²) in [5.41, 5.74) is 0.307. The van der Waals surface area contributed by atoms with E-state index in [4.69, 9.17) is 9.84 Å². The smallest absolute Gasteiger partial charge is 0.303 e. The van der Waals surface area contributed by atoms with Crippen LogP contribution in [0.1, 0.15) is 23.2 Å². The molecule has 0 aliphatic rings. The maximum atomic E-state index is 12.1. The third kappa shape index (κ3) is 4.59. The summed E-state index contributed by atoms with van der Waals surface area (Å²) in [6, 6.07) is 12.3. The fraction of sp³-hybridized carbons (Fsp3) is 0.188. The number of benzene rings is 1. The van der Waals surface area contributed by atoms with E-state index in [1.807, 2.05) is 18.2 Å². The molecule has 1 aromatic carbocycles. The Morgan fingerprint density at radius 3 is 2.64 bits per heavy atom. The largest absolute Gasteiger partial charge is 0.481 e. The quantitative estimate of drug-likeness (QED) is 0.767. The minimum absolute atomic E-state index is 0.0146. The maximum Gasteiger partial charge on any atom is 0.303 e. The summed E-state index contributed by atoms with van der Waals surface area (Å²) in [5, 5.41) is 11.2. The number of carbonyl (C=O) groups is 2. The lowest BCUT2D eigenvalue weighted by Gasteiger charge is -2.10. The van der Waals surface area contributed by atoms with Crippen LogP contribution in [0.25, 0.3) is 0 Å². The van der Waals surface area contributed by atoms with Crippen molar-refractivity contribution in [2.45, 2.75) is 12.8 Å². The van der Waals surface area contributed by atoms with E-state index in [0.717, 1.165) is 0 Å². The Labute approximate surface area is 127 Å². The van der Waals surface area contributed by atoms with Crippen LogP contribution in [-0.2, 0) is 4.79 Å². The first kappa shape index (κ1) is 15.5. The number of pyridine rings is 1. The molecule has 0 saturated carbocycles. The summed E-state index contributed by atoms with van der Waals surface area (Å²) in [5.74, 6) is -0.432. The SMILES string of the molecule is O=C(O)CCCNC(=O)c1cccnc1Oc1ccccc1. The summed E-state index contributed by atoms with van der Waals surface area (Å²) < 4.78 is 5.61. The van der Waals surface area contributed by atoms with Gasteiger partial charge in [0.2, 0.25) is 5.88 Å². The van der Waals surface area contributed by atoms with Gasteiger partial charge in [0.15, 0.2) is 0 Å². The average Bonchev–Trinajstić information content (AvgIpc) is 2.53. The highest BCUT2D eigenvalue weighted by molar-refractivity contribution is 5.96. The Balaban J connectivity index is 2.01. The molecule has 2 rings (SSSR count). The van der Waals surface area contributed by atoms with Crippen LogP contribution in [0.15, 0.2) is 48.7 Å². The molecule has 0 radical (unpaired) electrons. The number of amides is 1. The Bertz CT molecular complexity index is 644. The van der Waals surface area contributed by atoms with Gasteiger partial charge >= 0.3 is 5.97 Å². The van der Waals surface area contributed by atoms with Crippen molar-refractivity contribution in [1.29, 1.82) is 0 Å². The molecule has 1 aromatic heterocycles. The van der Waals surface area contributed by atoms with Crippen LogP contribution >= 0.6 is 0 Å². The standard InChI is InChI=1S/C16H16N2O4/c19-14(20)9-5-10-17-15(21)13-8-4-11-18-16(13)22-12-6-2-1-3-7-12/h1-4,6-8,11H,5,9-10H2,(H,17,21)(H,19,20). The number of ether oxygens (including phenoxy) is 1. The Hall–Kier alpha value is -2.89. The predicted octanol–water partition coefficient (Wildman–Crippen LogP) is 2.47. The number of carbonyl (C=O) groups excluding carboxylic acids is 1. The van der Waals surface area contributed by atoms with E-state index in [1.165, 1.54) is 0 Å². The zero-order valence-electron chi connectivity index (χ0n) is 11.9. The lowest BCUT2D eigenvalue weighted by atomic mass is 10.2. The van der Waals surface area contributed by atoms with Gasteiger partial charge in [-0.15, -0.1) is 0 Å². The minimum atomic E-state index is -0.885. The van der Waals surface area contributed by atoms with Crippen molar-refractivity contribution in [2.75, 3.05) is 6.54 Å². The molecule has 0 fully saturated rings. The molecule has 0 aliphatic heterocycles. The van der Waals surface area contributed by atoms with Crippen LogP contribution in [0.2, 0.25) is 0 Å². The molecule has 6 nitrogen and oxygen atoms in total. The van der Waals surface area contributed by atoms with Gasteiger partial charge < -0.3 is 15.2 Å². The van der Waals surface area contributed by atoms with E-state index in [-0.39, 0.29) is 24.8 Å². The van der Waals surface area contributed by atoms with Crippen LogP contribution in [0.3, 0.4) is 0 Å². The van der Waals surface area contributed by atoms with Gasteiger partial charge in [-0.3, -0.25) is 9.59 Å². The number of aliphatic carboxylic acids is 1. The molecule has 0 saturated heterocycles. The normalized spacial score (nSPS) is 10.0. The molecule has 1 amide bonds. The second-order valence-corrected chi connectivity index (χ2v) is 4.52. The molecule has 0 unspecified atom stereocenters. The van der Waals surface area contributed by atoms with E-state index in [0.29, 0.717) is 17.7 Å². The number of nitrogens with zero attached hydrogens (tertiary/aromatic N) is 1. The van der Waals surface area contributed by atoms with Crippen molar-refractivity contribution in [1.82, 2.24) is 10.3 Å². The van der Waals surface area contributed by atoms with Crippen LogP contribution < -0.4 is 10.1 Å². The van der Waals surface area contributed by atoms with Gasteiger partial charge in [-0.25, -0.2) is 4.98 Å². The second-order valence-electron chi connectivity index (χ2n) is 4.52. The molecule has 0 bridgehead atoms. The van der Waals surface area contributed by atoms with E-state index in [1.54, 1.807) is 30.5 Å². The number of rotatable bonds is 7. The van der Waals surface area contributed by atoms with Gasteiger partial charge in [0.05, 0.1) is 0 Å². The average molecular weight is 300 g/mol. The van der Waals surface area contributed by atoms with Crippen molar-refractivity contribution in [3.63, 3.8) is 0 Å². The number of aromatic nitrogens is 1. The van der Waals surface area contributed by atoms with Gasteiger partial charge in [-0.05, 0) is 30.7 Å². The molecule has 0 spiro atoms. The molecule has 22 heavy (non-hydrogen) atoms. The van der Waals surface area contributed by atoms with Gasteiger partial charge in [0.25, 0.3) is 5.91 Å². The lowest BCUT2D eigenvalue weighted by molar-refractivity contribution is -0.137. The first-order valence-corrected chi connectivity index (χ1v) is 6.85. The second kappa shape index (κ2) is 7.78. The maximum absolute atomic E-state index is 12.1. The Kier molecular flexibility index (Phi) is 5.48. The van der Waals surface area contributed by atoms with Crippen molar-refractivity contribution in [3.05, 3.63) is 54.2 Å². The van der Waals surface area contributed by atoms with Gasteiger partial charge in [0.1, 0.15) is 11.3 Å². The van der Waals surface area contributed by atoms with Crippen molar-refractivity contribution in [3.8, 4) is 11.6 Å². The molecule has 1 heterocycles. The van der Waals surface area contributed by atoms with Crippen molar-refractivity contribution >= 4 is 11.9 Å². The zero-order chi connectivity index (χ0) is 15.8. The molecule has 2 aromatic rings. The number of para-hydroxylation sites is 1. The highest BCUT2D eigenvalue weighted by Gasteiger charge is 2.13. The third-order valence-corrected chi connectivity index (χ3v) is 2.83. The minimum Gasteiger partial charge on any atom is -0.481 e. The summed E-state index contributed by atoms with van der Waals surface area (Å²) in [6.45, 7) is 0.283. The van der Waals surface area contributed by atoms with E-state index in [2.05, 4.69) is 10.3 Å². The first-order chi connectivity index (χ1) is 10.7. The summed E-state index contributed by atoms with van der Waals surface area (Å²) in [6.07, 6.45) is 1.93. The van der Waals surface area contributed by atoms with E-state index < -0.39 is 5.97 Å². The molecule has 0 atom stereocenters. The van der Waals surface area contributed by atoms with Gasteiger partial charge in [0, 0.05) is 19.2 Å². The molecular formula is C16H16N2O4. The zero-order valence-corrected chi connectivity index (χ0v) is 11.9. The number of carboxylic acids is 1. The number of nitrogens with one attached hydrogen (secondary N) is 1. The van der Waals surface area contributed by atoms with Crippen LogP contribution in [-0.4, -0.2) is 28.5 Å². The Morgan fingerprint density at radius 1 is 1.14 bits per heavy atom. The summed E-state index contributed by atoms with van der Waals surface area (Å²) in [4.78, 5) is 26.6. The van der Waals surface area contributed by atoms with E-state index >= 15 is 0 Å². The van der Waals surface area contributed by atoms with Crippen LogP contribution in [0.5, 0.6) is 11.6 Å². The topological polar surface area (TPSA) is 88.5 Å². The fourth-order valence-corrected chi connectivity index (χ4v) is 1.78. The number of carboxylic acid groups (broad SMARTS) is 1. The van der Waals surface area contributed by atoms with E-state index in [9.17, 15) is 9.59 Å². The molecular weight excluding hydrogens is 284 g/mol. The third-order valence-electron chi connectivity index (χ3n) is 2.83. The fourth-order valence-electron chi connectivity index (χ4n) is 1.78. The Morgan fingerprint density at radius 2 is 1.91 bits per heavy atom. The predicted molar refractivity (Wildman–Crippen MR) is 80.0 cm³/mol. The lowest BCUT2D eigenvalue weighted by Crippen LogP contribution is -2.25.